The first-order valence-electron chi connectivity index (χ1n) is 8.52. The van der Waals surface area contributed by atoms with Crippen LogP contribution in [0.3, 0.4) is 0 Å². The second-order valence-corrected chi connectivity index (χ2v) is 8.19. The van der Waals surface area contributed by atoms with Crippen molar-refractivity contribution in [3.63, 3.8) is 0 Å². The molecule has 27 heavy (non-hydrogen) atoms. The van der Waals surface area contributed by atoms with E-state index in [0.717, 1.165) is 23.8 Å². The summed E-state index contributed by atoms with van der Waals surface area (Å²) in [5.74, 6) is -0.755. The van der Waals surface area contributed by atoms with Crippen molar-refractivity contribution in [2.24, 2.45) is 5.16 Å². The standard InChI is InChI=1S/C21H20FNO3S/c1-21(2)9-10-27-19-8-6-14(11-16(19)21)18(23-26)7-5-13-3-4-15(20(24)25)12-17(13)22/h3-8,11-12,26H,9-10H2,1-2H3,(H,24,25)/b7-5+,23-18+. The molecule has 0 unspecified atom stereocenters. The third-order valence-corrected chi connectivity index (χ3v) is 5.84. The van der Waals surface area contributed by atoms with Gasteiger partial charge in [-0.3, -0.25) is 0 Å². The fourth-order valence-corrected chi connectivity index (χ4v) is 4.53. The first-order chi connectivity index (χ1) is 12.8. The number of aromatic carboxylic acids is 1. The molecule has 2 N–H and O–H groups in total. The number of hydrogen-bond acceptors (Lipinski definition) is 4. The topological polar surface area (TPSA) is 69.9 Å². The van der Waals surface area contributed by atoms with Gasteiger partial charge in [0, 0.05) is 16.0 Å². The van der Waals surface area contributed by atoms with Crippen molar-refractivity contribution in [3.8, 4) is 0 Å². The molecular weight excluding hydrogens is 365 g/mol. The molecule has 2 aromatic carbocycles. The van der Waals surface area contributed by atoms with Gasteiger partial charge in [-0.1, -0.05) is 31.1 Å². The summed E-state index contributed by atoms with van der Waals surface area (Å²) in [6, 6.07) is 9.62. The highest BCUT2D eigenvalue weighted by atomic mass is 32.2. The Labute approximate surface area is 161 Å². The Hall–Kier alpha value is -2.60. The molecule has 0 saturated carbocycles. The number of nitrogens with zero attached hydrogens (tertiary/aromatic N) is 1. The van der Waals surface area contributed by atoms with Crippen LogP contribution in [0.5, 0.6) is 0 Å². The number of carboxylic acids is 1. The SMILES string of the molecule is CC1(C)CCSc2ccc(C(/C=C/c3ccc(C(=O)O)cc3F)=N/O)cc21. The number of carbonyl (C=O) groups is 1. The number of carboxylic acid groups (broad SMARTS) is 1. The lowest BCUT2D eigenvalue weighted by atomic mass is 9.81. The summed E-state index contributed by atoms with van der Waals surface area (Å²) in [4.78, 5) is 12.1. The largest absolute Gasteiger partial charge is 0.478 e. The second-order valence-electron chi connectivity index (χ2n) is 7.05. The molecule has 3 rings (SSSR count). The Morgan fingerprint density at radius 2 is 1.96 bits per heavy atom. The highest BCUT2D eigenvalue weighted by Crippen LogP contribution is 2.41. The summed E-state index contributed by atoms with van der Waals surface area (Å²) in [5, 5.41) is 21.7. The molecule has 0 aliphatic carbocycles. The Kier molecular flexibility index (Phi) is 5.37. The molecule has 0 amide bonds. The first-order valence-corrected chi connectivity index (χ1v) is 9.51. The van der Waals surface area contributed by atoms with Crippen molar-refractivity contribution in [2.45, 2.75) is 30.6 Å². The van der Waals surface area contributed by atoms with Crippen LogP contribution in [-0.2, 0) is 5.41 Å². The molecule has 1 heterocycles. The summed E-state index contributed by atoms with van der Waals surface area (Å²) in [7, 11) is 0. The third-order valence-electron chi connectivity index (χ3n) is 4.76. The molecule has 1 aliphatic rings. The molecule has 0 atom stereocenters. The van der Waals surface area contributed by atoms with Crippen LogP contribution >= 0.6 is 11.8 Å². The third kappa shape index (κ3) is 4.06. The number of thioether (sulfide) groups is 1. The van der Waals surface area contributed by atoms with Gasteiger partial charge in [0.25, 0.3) is 0 Å². The number of halogens is 1. The molecule has 0 saturated heterocycles. The average Bonchev–Trinajstić information content (AvgIpc) is 2.63. The molecular formula is C21H20FNO3S. The molecule has 0 spiro atoms. The van der Waals surface area contributed by atoms with Crippen LogP contribution in [0.2, 0.25) is 0 Å². The summed E-state index contributed by atoms with van der Waals surface area (Å²) in [6.07, 6.45) is 4.05. The van der Waals surface area contributed by atoms with Crippen molar-refractivity contribution in [3.05, 3.63) is 70.5 Å². The van der Waals surface area contributed by atoms with Gasteiger partial charge in [-0.25, -0.2) is 9.18 Å². The highest BCUT2D eigenvalue weighted by molar-refractivity contribution is 7.99. The summed E-state index contributed by atoms with van der Waals surface area (Å²) in [6.45, 7) is 4.39. The Morgan fingerprint density at radius 1 is 1.22 bits per heavy atom. The lowest BCUT2D eigenvalue weighted by molar-refractivity contribution is 0.0696. The summed E-state index contributed by atoms with van der Waals surface area (Å²) >= 11 is 1.82. The van der Waals surface area contributed by atoms with Gasteiger partial charge in [0.05, 0.1) is 5.56 Å². The smallest absolute Gasteiger partial charge is 0.335 e. The minimum atomic E-state index is -1.18. The van der Waals surface area contributed by atoms with Gasteiger partial charge in [-0.15, -0.1) is 11.8 Å². The van der Waals surface area contributed by atoms with Crippen molar-refractivity contribution < 1.29 is 19.5 Å². The zero-order chi connectivity index (χ0) is 19.6. The van der Waals surface area contributed by atoms with Gasteiger partial charge >= 0.3 is 5.97 Å². The Balaban J connectivity index is 1.91. The van der Waals surface area contributed by atoms with Crippen LogP contribution < -0.4 is 0 Å². The van der Waals surface area contributed by atoms with Crippen LogP contribution in [-0.4, -0.2) is 27.7 Å². The molecule has 4 nitrogen and oxygen atoms in total. The van der Waals surface area contributed by atoms with Gasteiger partial charge in [-0.05, 0) is 59.6 Å². The average molecular weight is 385 g/mol. The highest BCUT2D eigenvalue weighted by Gasteiger charge is 2.28. The van der Waals surface area contributed by atoms with Crippen molar-refractivity contribution in [1.29, 1.82) is 0 Å². The van der Waals surface area contributed by atoms with Crippen molar-refractivity contribution in [2.75, 3.05) is 5.75 Å². The molecule has 0 radical (unpaired) electrons. The molecule has 2 aromatic rings. The molecule has 0 bridgehead atoms. The number of benzene rings is 2. The van der Waals surface area contributed by atoms with E-state index in [-0.39, 0.29) is 16.5 Å². The summed E-state index contributed by atoms with van der Waals surface area (Å²) < 4.78 is 14.1. The van der Waals surface area contributed by atoms with E-state index in [9.17, 15) is 14.4 Å². The number of allylic oxidation sites excluding steroid dienone is 1. The van der Waals surface area contributed by atoms with E-state index < -0.39 is 11.8 Å². The summed E-state index contributed by atoms with van der Waals surface area (Å²) in [5.41, 5.74) is 2.41. The van der Waals surface area contributed by atoms with Gasteiger partial charge in [-0.2, -0.15) is 0 Å². The van der Waals surface area contributed by atoms with Crippen LogP contribution in [0.15, 0.2) is 52.5 Å². The number of fused-ring (bicyclic) bond motifs is 1. The van der Waals surface area contributed by atoms with E-state index in [2.05, 4.69) is 19.0 Å². The predicted molar refractivity (Wildman–Crippen MR) is 106 cm³/mol. The zero-order valence-corrected chi connectivity index (χ0v) is 15.9. The maximum absolute atomic E-state index is 14.1. The number of oxime groups is 1. The predicted octanol–water partition coefficient (Wildman–Crippen LogP) is 5.19. The number of hydrogen-bond donors (Lipinski definition) is 2. The van der Waals surface area contributed by atoms with Crippen LogP contribution in [0, 0.1) is 5.82 Å². The van der Waals surface area contributed by atoms with E-state index in [0.29, 0.717) is 5.71 Å². The Bertz CT molecular complexity index is 950. The van der Waals surface area contributed by atoms with Gasteiger partial charge in [0.1, 0.15) is 11.5 Å². The van der Waals surface area contributed by atoms with Gasteiger partial charge < -0.3 is 10.3 Å². The van der Waals surface area contributed by atoms with E-state index >= 15 is 0 Å². The van der Waals surface area contributed by atoms with Crippen LogP contribution in [0.1, 0.15) is 47.3 Å². The number of rotatable bonds is 4. The van der Waals surface area contributed by atoms with E-state index in [1.807, 2.05) is 30.0 Å². The van der Waals surface area contributed by atoms with Crippen LogP contribution in [0.25, 0.3) is 6.08 Å². The lowest BCUT2D eigenvalue weighted by Crippen LogP contribution is -2.23. The fraction of sp³-hybridized carbons (Fsp3) is 0.238. The Morgan fingerprint density at radius 3 is 2.63 bits per heavy atom. The lowest BCUT2D eigenvalue weighted by Gasteiger charge is -2.32. The molecule has 0 aromatic heterocycles. The van der Waals surface area contributed by atoms with E-state index in [1.165, 1.54) is 34.7 Å². The van der Waals surface area contributed by atoms with Gasteiger partial charge in [0.2, 0.25) is 0 Å². The first kappa shape index (κ1) is 19.2. The van der Waals surface area contributed by atoms with E-state index in [1.54, 1.807) is 0 Å². The molecule has 140 valence electrons. The monoisotopic (exact) mass is 385 g/mol. The zero-order valence-electron chi connectivity index (χ0n) is 15.1. The fourth-order valence-electron chi connectivity index (χ4n) is 3.05. The van der Waals surface area contributed by atoms with Gasteiger partial charge in [0.15, 0.2) is 0 Å². The van der Waals surface area contributed by atoms with E-state index in [4.69, 9.17) is 5.11 Å². The van der Waals surface area contributed by atoms with Crippen LogP contribution in [0.4, 0.5) is 4.39 Å². The van der Waals surface area contributed by atoms with Crippen molar-refractivity contribution >= 4 is 29.5 Å². The second kappa shape index (κ2) is 7.56. The molecule has 6 heteroatoms. The maximum Gasteiger partial charge on any atom is 0.335 e. The normalized spacial score (nSPS) is 16.3. The van der Waals surface area contributed by atoms with Crippen molar-refractivity contribution in [1.82, 2.24) is 0 Å². The molecule has 1 aliphatic heterocycles. The molecule has 0 fully saturated rings. The minimum Gasteiger partial charge on any atom is -0.478 e. The quantitative estimate of drug-likeness (QED) is 0.432. The maximum atomic E-state index is 14.1. The minimum absolute atomic E-state index is 0.0413.